The first-order valence-electron chi connectivity index (χ1n) is 10.1. The highest BCUT2D eigenvalue weighted by Crippen LogP contribution is 2.21. The van der Waals surface area contributed by atoms with E-state index >= 15 is 0 Å². The Morgan fingerprint density at radius 1 is 1.07 bits per heavy atom. The highest BCUT2D eigenvalue weighted by atomic mass is 16.5. The van der Waals surface area contributed by atoms with Crippen molar-refractivity contribution in [1.82, 2.24) is 4.90 Å². The van der Waals surface area contributed by atoms with Crippen LogP contribution in [0.15, 0.2) is 35.4 Å². The molecule has 1 fully saturated rings. The number of piperidine rings is 1. The second-order valence-corrected chi connectivity index (χ2v) is 7.78. The lowest BCUT2D eigenvalue weighted by Crippen LogP contribution is -2.41. The van der Waals surface area contributed by atoms with Crippen molar-refractivity contribution in [3.63, 3.8) is 0 Å². The van der Waals surface area contributed by atoms with Gasteiger partial charge in [-0.1, -0.05) is 31.6 Å². The zero-order valence-corrected chi connectivity index (χ0v) is 18.0. The van der Waals surface area contributed by atoms with Crippen molar-refractivity contribution >= 4 is 17.8 Å². The van der Waals surface area contributed by atoms with Crippen LogP contribution in [0.2, 0.25) is 0 Å². The molecular formula is C23H31NO5. The third-order valence-corrected chi connectivity index (χ3v) is 5.42. The number of carbonyl (C=O) groups excluding carboxylic acids is 3. The lowest BCUT2D eigenvalue weighted by atomic mass is 9.94. The Hall–Kier alpha value is -2.63. The number of ether oxygens (including phenoxy) is 2. The van der Waals surface area contributed by atoms with Crippen LogP contribution in [0.1, 0.15) is 56.5 Å². The summed E-state index contributed by atoms with van der Waals surface area (Å²) in [5.41, 5.74) is 3.24. The molecule has 0 spiro atoms. The monoisotopic (exact) mass is 401 g/mol. The van der Waals surface area contributed by atoms with Gasteiger partial charge in [-0.05, 0) is 30.5 Å². The fourth-order valence-corrected chi connectivity index (χ4v) is 3.41. The van der Waals surface area contributed by atoms with Crippen LogP contribution in [0, 0.1) is 5.92 Å². The molecule has 1 aliphatic heterocycles. The number of benzene rings is 1. The van der Waals surface area contributed by atoms with E-state index < -0.39 is 0 Å². The lowest BCUT2D eigenvalue weighted by molar-refractivity contribution is -0.148. The molecule has 0 N–H and O–H groups in total. The van der Waals surface area contributed by atoms with Gasteiger partial charge >= 0.3 is 11.9 Å². The van der Waals surface area contributed by atoms with Crippen molar-refractivity contribution in [2.45, 2.75) is 53.1 Å². The number of amides is 1. The first kappa shape index (κ1) is 22.7. The predicted octanol–water partition coefficient (Wildman–Crippen LogP) is 3.54. The van der Waals surface area contributed by atoms with Gasteiger partial charge in [-0.25, -0.2) is 4.79 Å². The third kappa shape index (κ3) is 6.17. The van der Waals surface area contributed by atoms with E-state index in [1.165, 1.54) is 14.0 Å². The molecule has 0 bridgehead atoms. The van der Waals surface area contributed by atoms with Crippen LogP contribution in [-0.4, -0.2) is 49.0 Å². The minimum atomic E-state index is -0.313. The number of hydrogen-bond donors (Lipinski definition) is 0. The van der Waals surface area contributed by atoms with Crippen molar-refractivity contribution in [1.29, 1.82) is 0 Å². The maximum Gasteiger partial charge on any atom is 0.334 e. The fourth-order valence-electron chi connectivity index (χ4n) is 3.41. The Morgan fingerprint density at radius 3 is 2.14 bits per heavy atom. The standard InChI is InChI=1S/C23H31NO5/c1-15(2)16(3)21(23(27)28-5)14-18-6-8-19(9-7-18)22(26)24-12-10-20(11-13-24)29-17(4)25/h6-9,15,20H,10-14H2,1-5H3. The molecule has 1 amide bonds. The molecular weight excluding hydrogens is 370 g/mol. The average Bonchev–Trinajstić information content (AvgIpc) is 2.71. The number of methoxy groups -OCH3 is 1. The van der Waals surface area contributed by atoms with Crippen molar-refractivity contribution in [2.24, 2.45) is 5.92 Å². The summed E-state index contributed by atoms with van der Waals surface area (Å²) in [6.07, 6.45) is 1.68. The topological polar surface area (TPSA) is 72.9 Å². The van der Waals surface area contributed by atoms with Crippen molar-refractivity contribution in [2.75, 3.05) is 20.2 Å². The summed E-state index contributed by atoms with van der Waals surface area (Å²) in [5, 5.41) is 0. The average molecular weight is 402 g/mol. The van der Waals surface area contributed by atoms with Crippen molar-refractivity contribution in [3.05, 3.63) is 46.5 Å². The van der Waals surface area contributed by atoms with E-state index in [1.807, 2.05) is 32.9 Å². The summed E-state index contributed by atoms with van der Waals surface area (Å²) in [6.45, 7) is 8.59. The number of hydrogen-bond acceptors (Lipinski definition) is 5. The van der Waals surface area contributed by atoms with E-state index in [0.29, 0.717) is 43.5 Å². The molecule has 0 atom stereocenters. The molecule has 0 aromatic heterocycles. The van der Waals surface area contributed by atoms with E-state index in [1.54, 1.807) is 17.0 Å². The highest BCUT2D eigenvalue weighted by Gasteiger charge is 2.25. The van der Waals surface area contributed by atoms with Gasteiger partial charge in [-0.3, -0.25) is 9.59 Å². The minimum absolute atomic E-state index is 0.0279. The first-order valence-corrected chi connectivity index (χ1v) is 10.1. The number of nitrogens with zero attached hydrogens (tertiary/aromatic N) is 1. The number of likely N-dealkylation sites (tertiary alicyclic amines) is 1. The Balaban J connectivity index is 2.04. The number of carbonyl (C=O) groups is 3. The molecule has 1 saturated heterocycles. The fraction of sp³-hybridized carbons (Fsp3) is 0.522. The van der Waals surface area contributed by atoms with E-state index in [-0.39, 0.29) is 29.9 Å². The van der Waals surface area contributed by atoms with Gasteiger partial charge in [0.15, 0.2) is 0 Å². The summed E-state index contributed by atoms with van der Waals surface area (Å²) in [4.78, 5) is 37.8. The largest absolute Gasteiger partial charge is 0.466 e. The maximum absolute atomic E-state index is 12.7. The second kappa shape index (κ2) is 10.2. The van der Waals surface area contributed by atoms with E-state index in [0.717, 1.165) is 11.1 Å². The zero-order valence-electron chi connectivity index (χ0n) is 18.0. The molecule has 29 heavy (non-hydrogen) atoms. The molecule has 1 aromatic rings. The van der Waals surface area contributed by atoms with Crippen LogP contribution in [-0.2, 0) is 25.5 Å². The van der Waals surface area contributed by atoms with Crippen LogP contribution in [0.3, 0.4) is 0 Å². The number of allylic oxidation sites excluding steroid dienone is 1. The van der Waals surface area contributed by atoms with Crippen LogP contribution >= 0.6 is 0 Å². The first-order chi connectivity index (χ1) is 13.7. The quantitative estimate of drug-likeness (QED) is 0.538. The second-order valence-electron chi connectivity index (χ2n) is 7.78. The van der Waals surface area contributed by atoms with Gasteiger partial charge in [-0.15, -0.1) is 0 Å². The summed E-state index contributed by atoms with van der Waals surface area (Å²) in [5.74, 6) is -0.370. The van der Waals surface area contributed by atoms with Gasteiger partial charge in [0.05, 0.1) is 7.11 Å². The molecule has 1 heterocycles. The van der Waals surface area contributed by atoms with Gasteiger partial charge in [-0.2, -0.15) is 0 Å². The Labute approximate surface area is 172 Å². The molecule has 0 saturated carbocycles. The molecule has 1 aromatic carbocycles. The molecule has 0 radical (unpaired) electrons. The molecule has 0 aliphatic carbocycles. The van der Waals surface area contributed by atoms with Crippen LogP contribution in [0.25, 0.3) is 0 Å². The summed E-state index contributed by atoms with van der Waals surface area (Å²) in [6, 6.07) is 7.37. The van der Waals surface area contributed by atoms with Crippen molar-refractivity contribution < 1.29 is 23.9 Å². The summed E-state index contributed by atoms with van der Waals surface area (Å²) in [7, 11) is 1.39. The van der Waals surface area contributed by atoms with Gasteiger partial charge in [0.25, 0.3) is 5.91 Å². The molecule has 2 rings (SSSR count). The minimum Gasteiger partial charge on any atom is -0.466 e. The zero-order chi connectivity index (χ0) is 21.6. The van der Waals surface area contributed by atoms with Crippen LogP contribution < -0.4 is 0 Å². The van der Waals surface area contributed by atoms with Crippen LogP contribution in [0.4, 0.5) is 0 Å². The molecule has 158 valence electrons. The molecule has 6 heteroatoms. The van der Waals surface area contributed by atoms with E-state index in [4.69, 9.17) is 9.47 Å². The summed E-state index contributed by atoms with van der Waals surface area (Å²) >= 11 is 0. The third-order valence-electron chi connectivity index (χ3n) is 5.42. The number of esters is 2. The van der Waals surface area contributed by atoms with E-state index in [2.05, 4.69) is 0 Å². The predicted molar refractivity (Wildman–Crippen MR) is 110 cm³/mol. The summed E-state index contributed by atoms with van der Waals surface area (Å²) < 4.78 is 10.2. The Morgan fingerprint density at radius 2 is 1.66 bits per heavy atom. The van der Waals surface area contributed by atoms with Crippen LogP contribution in [0.5, 0.6) is 0 Å². The molecule has 1 aliphatic rings. The maximum atomic E-state index is 12.7. The van der Waals surface area contributed by atoms with E-state index in [9.17, 15) is 14.4 Å². The smallest absolute Gasteiger partial charge is 0.334 e. The van der Waals surface area contributed by atoms with Crippen molar-refractivity contribution in [3.8, 4) is 0 Å². The molecule has 6 nitrogen and oxygen atoms in total. The van der Waals surface area contributed by atoms with Gasteiger partial charge in [0.1, 0.15) is 6.10 Å². The highest BCUT2D eigenvalue weighted by molar-refractivity contribution is 5.94. The SMILES string of the molecule is COC(=O)C(Cc1ccc(C(=O)N2CCC(OC(C)=O)CC2)cc1)=C(C)C(C)C. The Bertz CT molecular complexity index is 771. The lowest BCUT2D eigenvalue weighted by Gasteiger charge is -2.31. The van der Waals surface area contributed by atoms with Gasteiger partial charge in [0.2, 0.25) is 0 Å². The van der Waals surface area contributed by atoms with Gasteiger partial charge < -0.3 is 14.4 Å². The normalized spacial score (nSPS) is 15.7. The number of rotatable bonds is 6. The van der Waals surface area contributed by atoms with Gasteiger partial charge in [0, 0.05) is 50.4 Å². The molecule has 0 unspecified atom stereocenters. The Kier molecular flexibility index (Phi) is 8.00.